The molecular weight excluding hydrogens is 400 g/mol. The van der Waals surface area contributed by atoms with Crippen molar-refractivity contribution in [2.45, 2.75) is 12.8 Å². The second-order valence-corrected chi connectivity index (χ2v) is 6.33. The minimum atomic E-state index is -0.570. The van der Waals surface area contributed by atoms with Crippen LogP contribution in [0.3, 0.4) is 0 Å². The monoisotopic (exact) mass is 420 g/mol. The van der Waals surface area contributed by atoms with Gasteiger partial charge in [-0.1, -0.05) is 40.2 Å². The molecule has 0 aliphatic carbocycles. The first-order valence-corrected chi connectivity index (χ1v) is 8.94. The molecule has 0 aliphatic rings. The van der Waals surface area contributed by atoms with Gasteiger partial charge in [-0.15, -0.1) is 0 Å². The van der Waals surface area contributed by atoms with E-state index in [0.29, 0.717) is 30.8 Å². The molecule has 0 unspecified atom stereocenters. The molecule has 0 saturated carbocycles. The zero-order valence-electron chi connectivity index (χ0n) is 14.5. The first-order chi connectivity index (χ1) is 12.6. The maximum Gasteiger partial charge on any atom is 0.411 e. The molecule has 0 radical (unpaired) electrons. The third kappa shape index (κ3) is 6.85. The van der Waals surface area contributed by atoms with Crippen LogP contribution in [0.2, 0.25) is 0 Å². The van der Waals surface area contributed by atoms with Gasteiger partial charge in [-0.2, -0.15) is 0 Å². The molecule has 0 aromatic heterocycles. The normalized spacial score (nSPS) is 10.2. The van der Waals surface area contributed by atoms with Gasteiger partial charge in [0.15, 0.2) is 0 Å². The number of halogens is 1. The molecule has 0 bridgehead atoms. The van der Waals surface area contributed by atoms with Crippen LogP contribution < -0.4 is 10.6 Å². The lowest BCUT2D eigenvalue weighted by Gasteiger charge is -2.10. The lowest BCUT2D eigenvalue weighted by Crippen LogP contribution is -2.17. The van der Waals surface area contributed by atoms with Gasteiger partial charge in [0.2, 0.25) is 5.91 Å². The number of ether oxygens (including phenoxy) is 2. The standard InChI is InChI=1S/C19H21BrN2O4/c1-25-11-12-26-19(24)22-16-7-4-6-15(13-16)21-18(23)10-9-14-5-2-3-8-17(14)20/h2-8,13H,9-12H2,1H3,(H,21,23)(H,22,24). The van der Waals surface area contributed by atoms with Gasteiger partial charge in [0.05, 0.1) is 6.61 Å². The average Bonchev–Trinajstić information content (AvgIpc) is 2.61. The lowest BCUT2D eigenvalue weighted by atomic mass is 10.1. The largest absolute Gasteiger partial charge is 0.447 e. The second-order valence-electron chi connectivity index (χ2n) is 5.47. The number of hydrogen-bond donors (Lipinski definition) is 2. The molecule has 0 heterocycles. The van der Waals surface area contributed by atoms with Crippen LogP contribution in [0.15, 0.2) is 53.0 Å². The Morgan fingerprint density at radius 2 is 1.73 bits per heavy atom. The summed E-state index contributed by atoms with van der Waals surface area (Å²) in [6.07, 6.45) is 0.426. The number of benzene rings is 2. The highest BCUT2D eigenvalue weighted by Gasteiger charge is 2.07. The van der Waals surface area contributed by atoms with Gasteiger partial charge >= 0.3 is 6.09 Å². The van der Waals surface area contributed by atoms with Crippen LogP contribution >= 0.6 is 15.9 Å². The number of carbonyl (C=O) groups excluding carboxylic acids is 2. The van der Waals surface area contributed by atoms with Gasteiger partial charge in [-0.25, -0.2) is 4.79 Å². The number of hydrogen-bond acceptors (Lipinski definition) is 4. The van der Waals surface area contributed by atoms with E-state index >= 15 is 0 Å². The molecule has 0 aliphatic heterocycles. The maximum absolute atomic E-state index is 12.2. The average molecular weight is 421 g/mol. The number of methoxy groups -OCH3 is 1. The zero-order valence-corrected chi connectivity index (χ0v) is 16.0. The summed E-state index contributed by atoms with van der Waals surface area (Å²) in [6.45, 7) is 0.509. The van der Waals surface area contributed by atoms with E-state index in [-0.39, 0.29) is 12.5 Å². The summed E-state index contributed by atoms with van der Waals surface area (Å²) in [6, 6.07) is 14.7. The van der Waals surface area contributed by atoms with Crippen molar-refractivity contribution in [1.82, 2.24) is 0 Å². The van der Waals surface area contributed by atoms with Gasteiger partial charge in [0.1, 0.15) is 6.61 Å². The van der Waals surface area contributed by atoms with Crippen molar-refractivity contribution in [3.05, 3.63) is 58.6 Å². The summed E-state index contributed by atoms with van der Waals surface area (Å²) < 4.78 is 10.7. The third-order valence-corrected chi connectivity index (χ3v) is 4.27. The molecule has 26 heavy (non-hydrogen) atoms. The number of carbonyl (C=O) groups is 2. The summed E-state index contributed by atoms with van der Waals surface area (Å²) >= 11 is 3.48. The van der Waals surface area contributed by atoms with Crippen LogP contribution in [0.25, 0.3) is 0 Å². The topological polar surface area (TPSA) is 76.7 Å². The highest BCUT2D eigenvalue weighted by atomic mass is 79.9. The summed E-state index contributed by atoms with van der Waals surface area (Å²) in [5, 5.41) is 5.44. The van der Waals surface area contributed by atoms with Gasteiger partial charge in [-0.3, -0.25) is 10.1 Å². The molecule has 7 heteroatoms. The number of nitrogens with one attached hydrogen (secondary N) is 2. The van der Waals surface area contributed by atoms with E-state index in [9.17, 15) is 9.59 Å². The molecule has 2 aromatic carbocycles. The van der Waals surface area contributed by atoms with Crippen LogP contribution in [0.4, 0.5) is 16.2 Å². The Labute approximate surface area is 161 Å². The van der Waals surface area contributed by atoms with Gasteiger partial charge in [0.25, 0.3) is 0 Å². The van der Waals surface area contributed by atoms with E-state index in [1.54, 1.807) is 24.3 Å². The highest BCUT2D eigenvalue weighted by molar-refractivity contribution is 9.10. The van der Waals surface area contributed by atoms with Crippen molar-refractivity contribution in [3.63, 3.8) is 0 Å². The predicted octanol–water partition coefficient (Wildman–Crippen LogP) is 4.22. The maximum atomic E-state index is 12.2. The zero-order chi connectivity index (χ0) is 18.8. The molecule has 2 amide bonds. The smallest absolute Gasteiger partial charge is 0.411 e. The number of amides is 2. The Morgan fingerprint density at radius 1 is 1.00 bits per heavy atom. The van der Waals surface area contributed by atoms with E-state index in [1.165, 1.54) is 7.11 Å². The van der Waals surface area contributed by atoms with E-state index in [2.05, 4.69) is 26.6 Å². The van der Waals surface area contributed by atoms with E-state index in [0.717, 1.165) is 10.0 Å². The van der Waals surface area contributed by atoms with Crippen molar-refractivity contribution in [2.24, 2.45) is 0 Å². The highest BCUT2D eigenvalue weighted by Crippen LogP contribution is 2.19. The lowest BCUT2D eigenvalue weighted by molar-refractivity contribution is -0.116. The molecule has 2 N–H and O–H groups in total. The molecule has 0 saturated heterocycles. The molecular formula is C19H21BrN2O4. The van der Waals surface area contributed by atoms with Gasteiger partial charge in [-0.05, 0) is 36.2 Å². The number of aryl methyl sites for hydroxylation is 1. The van der Waals surface area contributed by atoms with Crippen molar-refractivity contribution < 1.29 is 19.1 Å². The second kappa shape index (κ2) is 10.6. The predicted molar refractivity (Wildman–Crippen MR) is 104 cm³/mol. The fourth-order valence-electron chi connectivity index (χ4n) is 2.22. The Bertz CT molecular complexity index is 752. The fourth-order valence-corrected chi connectivity index (χ4v) is 2.70. The van der Waals surface area contributed by atoms with E-state index in [1.807, 2.05) is 24.3 Å². The fraction of sp³-hybridized carbons (Fsp3) is 0.263. The number of rotatable bonds is 8. The van der Waals surface area contributed by atoms with Crippen LogP contribution in [-0.4, -0.2) is 32.3 Å². The quantitative estimate of drug-likeness (QED) is 0.626. The SMILES string of the molecule is COCCOC(=O)Nc1cccc(NC(=O)CCc2ccccc2Br)c1. The Kier molecular flexibility index (Phi) is 8.11. The molecule has 2 aromatic rings. The van der Waals surface area contributed by atoms with Crippen molar-refractivity contribution in [1.29, 1.82) is 0 Å². The van der Waals surface area contributed by atoms with E-state index in [4.69, 9.17) is 9.47 Å². The Morgan fingerprint density at radius 3 is 2.46 bits per heavy atom. The van der Waals surface area contributed by atoms with Crippen LogP contribution in [0.1, 0.15) is 12.0 Å². The van der Waals surface area contributed by atoms with Crippen molar-refractivity contribution >= 4 is 39.3 Å². The first-order valence-electron chi connectivity index (χ1n) is 8.14. The summed E-state index contributed by atoms with van der Waals surface area (Å²) in [4.78, 5) is 23.8. The van der Waals surface area contributed by atoms with Crippen LogP contribution in [0, 0.1) is 0 Å². The van der Waals surface area contributed by atoms with E-state index < -0.39 is 6.09 Å². The van der Waals surface area contributed by atoms with Crippen LogP contribution in [0.5, 0.6) is 0 Å². The molecule has 0 fully saturated rings. The summed E-state index contributed by atoms with van der Waals surface area (Å²) in [7, 11) is 1.53. The third-order valence-electron chi connectivity index (χ3n) is 3.49. The van der Waals surface area contributed by atoms with Gasteiger partial charge in [0, 0.05) is 29.4 Å². The molecule has 138 valence electrons. The molecule has 0 spiro atoms. The summed E-state index contributed by atoms with van der Waals surface area (Å²) in [5.41, 5.74) is 2.23. The molecule has 0 atom stereocenters. The molecule has 2 rings (SSSR count). The minimum Gasteiger partial charge on any atom is -0.447 e. The van der Waals surface area contributed by atoms with Crippen molar-refractivity contribution in [3.8, 4) is 0 Å². The Balaban J connectivity index is 1.84. The minimum absolute atomic E-state index is 0.0967. The Hall–Kier alpha value is -2.38. The molecule has 6 nitrogen and oxygen atoms in total. The summed E-state index contributed by atoms with van der Waals surface area (Å²) in [5.74, 6) is -0.0967. The van der Waals surface area contributed by atoms with Crippen molar-refractivity contribution in [2.75, 3.05) is 31.0 Å². The number of anilines is 2. The van der Waals surface area contributed by atoms with Crippen LogP contribution in [-0.2, 0) is 20.7 Å². The first kappa shape index (κ1) is 19.9. The van der Waals surface area contributed by atoms with Gasteiger partial charge < -0.3 is 14.8 Å².